The lowest BCUT2D eigenvalue weighted by Crippen LogP contribution is -2.44. The molecule has 0 spiro atoms. The van der Waals surface area contributed by atoms with Gasteiger partial charge in [-0.25, -0.2) is 0 Å². The van der Waals surface area contributed by atoms with Gasteiger partial charge in [-0.2, -0.15) is 0 Å². The van der Waals surface area contributed by atoms with Crippen molar-refractivity contribution in [2.24, 2.45) is 0 Å². The molecule has 0 radical (unpaired) electrons. The summed E-state index contributed by atoms with van der Waals surface area (Å²) in [5.41, 5.74) is 2.37. The Labute approximate surface area is 203 Å². The molecule has 0 saturated heterocycles. The van der Waals surface area contributed by atoms with Crippen molar-refractivity contribution in [1.82, 2.24) is 5.32 Å². The standard InChI is InChI=1S/C28H26N2O3S/c1-33-24-16-14-21(15-17-24)20-29-28(32)27(22-9-4-2-5-10-22)30(23-11-6-3-7-12-23)26(31)19-25-13-8-18-34-25/h2-18,27H,19-20H2,1H3,(H,29,32)/t27-/m0/s1. The second-order valence-corrected chi connectivity index (χ2v) is 8.77. The minimum atomic E-state index is -0.811. The van der Waals surface area contributed by atoms with Crippen LogP contribution in [0.4, 0.5) is 5.69 Å². The van der Waals surface area contributed by atoms with Gasteiger partial charge in [-0.05, 0) is 46.8 Å². The molecule has 6 heteroatoms. The molecular formula is C28H26N2O3S. The zero-order chi connectivity index (χ0) is 23.8. The van der Waals surface area contributed by atoms with Crippen LogP contribution in [0, 0.1) is 0 Å². The predicted octanol–water partition coefficient (Wildman–Crippen LogP) is 5.39. The first-order chi connectivity index (χ1) is 16.7. The summed E-state index contributed by atoms with van der Waals surface area (Å²) in [6, 6.07) is 29.4. The average Bonchev–Trinajstić information content (AvgIpc) is 3.40. The van der Waals surface area contributed by atoms with E-state index < -0.39 is 6.04 Å². The van der Waals surface area contributed by atoms with Crippen molar-refractivity contribution in [2.45, 2.75) is 19.0 Å². The number of nitrogens with one attached hydrogen (secondary N) is 1. The summed E-state index contributed by atoms with van der Waals surface area (Å²) in [7, 11) is 1.62. The molecule has 2 amide bonds. The van der Waals surface area contributed by atoms with Gasteiger partial charge in [-0.3, -0.25) is 14.5 Å². The zero-order valence-electron chi connectivity index (χ0n) is 18.9. The summed E-state index contributed by atoms with van der Waals surface area (Å²) in [6.45, 7) is 0.341. The Balaban J connectivity index is 1.65. The normalized spacial score (nSPS) is 11.4. The fourth-order valence-electron chi connectivity index (χ4n) is 3.76. The quantitative estimate of drug-likeness (QED) is 0.357. The highest BCUT2D eigenvalue weighted by molar-refractivity contribution is 7.10. The lowest BCUT2D eigenvalue weighted by molar-refractivity contribution is -0.126. The van der Waals surface area contributed by atoms with Crippen LogP contribution in [0.3, 0.4) is 0 Å². The molecule has 0 unspecified atom stereocenters. The number of anilines is 1. The van der Waals surface area contributed by atoms with Gasteiger partial charge in [0.2, 0.25) is 11.8 Å². The molecule has 1 N–H and O–H groups in total. The summed E-state index contributed by atoms with van der Waals surface area (Å²) < 4.78 is 5.21. The number of amides is 2. The van der Waals surface area contributed by atoms with Crippen LogP contribution in [0.15, 0.2) is 102 Å². The molecule has 4 rings (SSSR count). The topological polar surface area (TPSA) is 58.6 Å². The summed E-state index contributed by atoms with van der Waals surface area (Å²) in [5, 5.41) is 4.98. The third kappa shape index (κ3) is 5.71. The first-order valence-corrected chi connectivity index (χ1v) is 11.9. The molecule has 0 aliphatic carbocycles. The van der Waals surface area contributed by atoms with Crippen molar-refractivity contribution in [1.29, 1.82) is 0 Å². The minimum absolute atomic E-state index is 0.137. The number of hydrogen-bond donors (Lipinski definition) is 1. The fourth-order valence-corrected chi connectivity index (χ4v) is 4.45. The first-order valence-electron chi connectivity index (χ1n) is 11.0. The van der Waals surface area contributed by atoms with Crippen molar-refractivity contribution < 1.29 is 14.3 Å². The molecule has 3 aromatic carbocycles. The maximum Gasteiger partial charge on any atom is 0.248 e. The van der Waals surface area contributed by atoms with Gasteiger partial charge in [0, 0.05) is 17.1 Å². The van der Waals surface area contributed by atoms with Gasteiger partial charge in [0.05, 0.1) is 13.5 Å². The van der Waals surface area contributed by atoms with Crippen molar-refractivity contribution in [3.05, 3.63) is 118 Å². The van der Waals surface area contributed by atoms with E-state index in [2.05, 4.69) is 5.32 Å². The van der Waals surface area contributed by atoms with Gasteiger partial charge < -0.3 is 10.1 Å². The van der Waals surface area contributed by atoms with Crippen molar-refractivity contribution >= 4 is 28.8 Å². The Bertz CT molecular complexity index is 1190. The maximum atomic E-state index is 13.6. The second kappa shape index (κ2) is 11.3. The van der Waals surface area contributed by atoms with Crippen molar-refractivity contribution in [2.75, 3.05) is 12.0 Å². The van der Waals surface area contributed by atoms with E-state index in [4.69, 9.17) is 4.74 Å². The van der Waals surface area contributed by atoms with Gasteiger partial charge in [-0.1, -0.05) is 66.7 Å². The zero-order valence-corrected chi connectivity index (χ0v) is 19.7. The van der Waals surface area contributed by atoms with Gasteiger partial charge >= 0.3 is 0 Å². The highest BCUT2D eigenvalue weighted by Gasteiger charge is 2.32. The largest absolute Gasteiger partial charge is 0.497 e. The van der Waals surface area contributed by atoms with E-state index in [1.54, 1.807) is 12.0 Å². The van der Waals surface area contributed by atoms with Gasteiger partial charge in [0.1, 0.15) is 11.8 Å². The maximum absolute atomic E-state index is 13.6. The predicted molar refractivity (Wildman–Crippen MR) is 136 cm³/mol. The summed E-state index contributed by atoms with van der Waals surface area (Å²) in [4.78, 5) is 29.8. The lowest BCUT2D eigenvalue weighted by atomic mass is 10.0. The number of hydrogen-bond acceptors (Lipinski definition) is 4. The summed E-state index contributed by atoms with van der Waals surface area (Å²) >= 11 is 1.53. The molecule has 34 heavy (non-hydrogen) atoms. The molecule has 0 aliphatic heterocycles. The van der Waals surface area contributed by atoms with Crippen molar-refractivity contribution in [3.8, 4) is 5.75 Å². The molecule has 0 aliphatic rings. The highest BCUT2D eigenvalue weighted by atomic mass is 32.1. The Morgan fingerprint density at radius 2 is 1.56 bits per heavy atom. The van der Waals surface area contributed by atoms with Crippen LogP contribution in [0.25, 0.3) is 0 Å². The van der Waals surface area contributed by atoms with E-state index in [9.17, 15) is 9.59 Å². The monoisotopic (exact) mass is 470 g/mol. The molecule has 1 heterocycles. The third-order valence-electron chi connectivity index (χ3n) is 5.46. The number of thiophene rings is 1. The molecule has 0 saturated carbocycles. The Morgan fingerprint density at radius 1 is 0.882 bits per heavy atom. The van der Waals surface area contributed by atoms with Gasteiger partial charge in [0.25, 0.3) is 0 Å². The van der Waals surface area contributed by atoms with Crippen LogP contribution in [0.2, 0.25) is 0 Å². The smallest absolute Gasteiger partial charge is 0.248 e. The Morgan fingerprint density at radius 3 is 2.18 bits per heavy atom. The summed E-state index contributed by atoms with van der Waals surface area (Å²) in [6.07, 6.45) is 0.224. The molecule has 172 valence electrons. The molecule has 4 aromatic rings. The average molecular weight is 471 g/mol. The number of rotatable bonds is 9. The molecule has 0 bridgehead atoms. The highest BCUT2D eigenvalue weighted by Crippen LogP contribution is 2.29. The number of carbonyl (C=O) groups excluding carboxylic acids is 2. The summed E-state index contributed by atoms with van der Waals surface area (Å²) in [5.74, 6) is 0.374. The number of carbonyl (C=O) groups is 2. The van der Waals surface area contributed by atoms with Gasteiger partial charge in [-0.15, -0.1) is 11.3 Å². The van der Waals surface area contributed by atoms with Gasteiger partial charge in [0.15, 0.2) is 0 Å². The van der Waals surface area contributed by atoms with Crippen molar-refractivity contribution in [3.63, 3.8) is 0 Å². The molecule has 5 nitrogen and oxygen atoms in total. The first kappa shape index (κ1) is 23.3. The van der Waals surface area contributed by atoms with Crippen LogP contribution in [-0.4, -0.2) is 18.9 Å². The number of benzene rings is 3. The van der Waals surface area contributed by atoms with Crippen LogP contribution in [-0.2, 0) is 22.6 Å². The SMILES string of the molecule is COc1ccc(CNC(=O)[C@H](c2ccccc2)N(C(=O)Cc2cccs2)c2ccccc2)cc1. The van der Waals surface area contributed by atoms with Crippen LogP contribution >= 0.6 is 11.3 Å². The molecular weight excluding hydrogens is 444 g/mol. The fraction of sp³-hybridized carbons (Fsp3) is 0.143. The number of nitrogens with zero attached hydrogens (tertiary/aromatic N) is 1. The van der Waals surface area contributed by atoms with E-state index in [0.717, 1.165) is 21.8 Å². The number of para-hydroxylation sites is 1. The van der Waals surface area contributed by atoms with E-state index in [-0.39, 0.29) is 18.2 Å². The third-order valence-corrected chi connectivity index (χ3v) is 6.33. The van der Waals surface area contributed by atoms with E-state index in [0.29, 0.717) is 12.2 Å². The lowest BCUT2D eigenvalue weighted by Gasteiger charge is -2.31. The van der Waals surface area contributed by atoms with E-state index >= 15 is 0 Å². The second-order valence-electron chi connectivity index (χ2n) is 7.73. The minimum Gasteiger partial charge on any atom is -0.497 e. The Kier molecular flexibility index (Phi) is 7.73. The number of ether oxygens (including phenoxy) is 1. The molecule has 1 aromatic heterocycles. The molecule has 0 fully saturated rings. The van der Waals surface area contributed by atoms with Crippen LogP contribution in [0.1, 0.15) is 22.0 Å². The van der Waals surface area contributed by atoms with E-state index in [1.807, 2.05) is 102 Å². The molecule has 1 atom stereocenters. The van der Waals surface area contributed by atoms with Crippen LogP contribution < -0.4 is 15.0 Å². The van der Waals surface area contributed by atoms with Crippen LogP contribution in [0.5, 0.6) is 5.75 Å². The number of methoxy groups -OCH3 is 1. The van der Waals surface area contributed by atoms with E-state index in [1.165, 1.54) is 11.3 Å². The Hall–Kier alpha value is -3.90.